The lowest BCUT2D eigenvalue weighted by Crippen LogP contribution is -2.31. The van der Waals surface area contributed by atoms with Crippen LogP contribution in [-0.2, 0) is 13.0 Å². The number of aryl methyl sites for hydroxylation is 1. The van der Waals surface area contributed by atoms with Crippen molar-refractivity contribution < 1.29 is 0 Å². The van der Waals surface area contributed by atoms with Gasteiger partial charge in [0.1, 0.15) is 0 Å². The predicted molar refractivity (Wildman–Crippen MR) is 103 cm³/mol. The Morgan fingerprint density at radius 3 is 2.04 bits per heavy atom. The van der Waals surface area contributed by atoms with Crippen LogP contribution in [0.1, 0.15) is 31.9 Å². The Hall–Kier alpha value is -1.80. The summed E-state index contributed by atoms with van der Waals surface area (Å²) in [5, 5.41) is 0. The summed E-state index contributed by atoms with van der Waals surface area (Å²) in [6.07, 6.45) is 1.08. The summed E-state index contributed by atoms with van der Waals surface area (Å²) in [7, 11) is 4.26. The summed E-state index contributed by atoms with van der Waals surface area (Å²) >= 11 is 0. The molecule has 0 bridgehead atoms. The number of nitrogens with zero attached hydrogens (tertiary/aromatic N) is 2. The van der Waals surface area contributed by atoms with Crippen LogP contribution in [-0.4, -0.2) is 32.1 Å². The van der Waals surface area contributed by atoms with Crippen molar-refractivity contribution in [3.8, 4) is 0 Å². The Kier molecular flexibility index (Phi) is 9.08. The molecule has 0 saturated heterocycles. The first-order valence-electron chi connectivity index (χ1n) is 8.71. The zero-order chi connectivity index (χ0) is 17.1. The van der Waals surface area contributed by atoms with Gasteiger partial charge in [0.25, 0.3) is 0 Å². The molecule has 0 fully saturated rings. The second-order valence-corrected chi connectivity index (χ2v) is 5.73. The van der Waals surface area contributed by atoms with Crippen molar-refractivity contribution >= 4 is 5.69 Å². The van der Waals surface area contributed by atoms with Gasteiger partial charge in [-0.15, -0.1) is 0 Å². The summed E-state index contributed by atoms with van der Waals surface area (Å²) in [5.41, 5.74) is 4.08. The first-order chi connectivity index (χ1) is 11.2. The second kappa shape index (κ2) is 10.8. The molecule has 2 aromatic carbocycles. The van der Waals surface area contributed by atoms with E-state index in [0.29, 0.717) is 0 Å². The lowest BCUT2D eigenvalue weighted by molar-refractivity contribution is 0.412. The molecule has 23 heavy (non-hydrogen) atoms. The lowest BCUT2D eigenvalue weighted by Gasteiger charge is -2.27. The molecule has 0 N–H and O–H groups in total. The highest BCUT2D eigenvalue weighted by molar-refractivity contribution is 5.49. The molecule has 0 radical (unpaired) electrons. The fourth-order valence-corrected chi connectivity index (χ4v) is 2.40. The van der Waals surface area contributed by atoms with Gasteiger partial charge in [0.2, 0.25) is 0 Å². The first-order valence-corrected chi connectivity index (χ1v) is 8.71. The summed E-state index contributed by atoms with van der Waals surface area (Å²) in [5.74, 6) is 0. The molecule has 0 spiro atoms. The number of rotatable bonds is 7. The standard InChI is InChI=1S/C19H26N2.C2H6/c1-4-17-11-8-12-19(15-17)21(14-13-20(2)3)16-18-9-6-5-7-10-18;1-2/h5-12,15H,4,13-14,16H2,1-3H3;1-2H3. The topological polar surface area (TPSA) is 6.48 Å². The van der Waals surface area contributed by atoms with Gasteiger partial charge in [-0.25, -0.2) is 0 Å². The van der Waals surface area contributed by atoms with E-state index >= 15 is 0 Å². The molecule has 0 aliphatic carbocycles. The molecule has 0 saturated carbocycles. The van der Waals surface area contributed by atoms with Crippen molar-refractivity contribution in [2.45, 2.75) is 33.7 Å². The highest BCUT2D eigenvalue weighted by Crippen LogP contribution is 2.19. The van der Waals surface area contributed by atoms with E-state index in [1.165, 1.54) is 16.8 Å². The average molecular weight is 313 g/mol. The third-order valence-corrected chi connectivity index (χ3v) is 3.72. The van der Waals surface area contributed by atoms with Gasteiger partial charge in [-0.1, -0.05) is 63.2 Å². The van der Waals surface area contributed by atoms with Gasteiger partial charge in [-0.3, -0.25) is 0 Å². The van der Waals surface area contributed by atoms with Crippen LogP contribution in [0.15, 0.2) is 54.6 Å². The Morgan fingerprint density at radius 2 is 1.43 bits per heavy atom. The fraction of sp³-hybridized carbons (Fsp3) is 0.429. The quantitative estimate of drug-likeness (QED) is 0.721. The third kappa shape index (κ3) is 6.87. The van der Waals surface area contributed by atoms with Gasteiger partial charge in [0.05, 0.1) is 0 Å². The van der Waals surface area contributed by atoms with E-state index < -0.39 is 0 Å². The van der Waals surface area contributed by atoms with Gasteiger partial charge in [0, 0.05) is 25.3 Å². The summed E-state index contributed by atoms with van der Waals surface area (Å²) in [6, 6.07) is 19.6. The maximum Gasteiger partial charge on any atom is 0.0430 e. The smallest absolute Gasteiger partial charge is 0.0430 e. The van der Waals surface area contributed by atoms with E-state index in [9.17, 15) is 0 Å². The largest absolute Gasteiger partial charge is 0.366 e. The molecule has 2 aromatic rings. The van der Waals surface area contributed by atoms with E-state index in [2.05, 4.69) is 85.4 Å². The van der Waals surface area contributed by atoms with Crippen LogP contribution >= 0.6 is 0 Å². The van der Waals surface area contributed by atoms with E-state index in [4.69, 9.17) is 0 Å². The Morgan fingerprint density at radius 1 is 0.783 bits per heavy atom. The van der Waals surface area contributed by atoms with Crippen LogP contribution in [0.5, 0.6) is 0 Å². The number of hydrogen-bond acceptors (Lipinski definition) is 2. The van der Waals surface area contributed by atoms with Gasteiger partial charge >= 0.3 is 0 Å². The van der Waals surface area contributed by atoms with Gasteiger partial charge in [-0.2, -0.15) is 0 Å². The molecule has 126 valence electrons. The SMILES string of the molecule is CC.CCc1cccc(N(CCN(C)C)Cc2ccccc2)c1. The van der Waals surface area contributed by atoms with Crippen molar-refractivity contribution in [2.75, 3.05) is 32.1 Å². The van der Waals surface area contributed by atoms with Gasteiger partial charge in [0.15, 0.2) is 0 Å². The number of likely N-dealkylation sites (N-methyl/N-ethyl adjacent to an activating group) is 1. The normalized spacial score (nSPS) is 10.2. The minimum absolute atomic E-state index is 0.960. The van der Waals surface area contributed by atoms with Crippen molar-refractivity contribution in [1.29, 1.82) is 0 Å². The van der Waals surface area contributed by atoms with Gasteiger partial charge in [-0.05, 0) is 43.8 Å². The van der Waals surface area contributed by atoms with Gasteiger partial charge < -0.3 is 9.80 Å². The highest BCUT2D eigenvalue weighted by Gasteiger charge is 2.08. The van der Waals surface area contributed by atoms with Crippen LogP contribution in [0.3, 0.4) is 0 Å². The Bertz CT molecular complexity index is 535. The number of benzene rings is 2. The van der Waals surface area contributed by atoms with E-state index in [1.807, 2.05) is 13.8 Å². The van der Waals surface area contributed by atoms with Crippen molar-refractivity contribution in [3.05, 3.63) is 65.7 Å². The average Bonchev–Trinajstić information content (AvgIpc) is 2.61. The molecule has 0 atom stereocenters. The summed E-state index contributed by atoms with van der Waals surface area (Å²) < 4.78 is 0. The second-order valence-electron chi connectivity index (χ2n) is 5.73. The number of hydrogen-bond donors (Lipinski definition) is 0. The maximum atomic E-state index is 2.47. The number of anilines is 1. The zero-order valence-corrected chi connectivity index (χ0v) is 15.4. The molecule has 0 aliphatic rings. The molecule has 0 amide bonds. The van der Waals surface area contributed by atoms with Crippen molar-refractivity contribution in [3.63, 3.8) is 0 Å². The molecular formula is C21H32N2. The third-order valence-electron chi connectivity index (χ3n) is 3.72. The molecular weight excluding hydrogens is 280 g/mol. The monoisotopic (exact) mass is 312 g/mol. The molecule has 2 heteroatoms. The van der Waals surface area contributed by atoms with Crippen molar-refractivity contribution in [1.82, 2.24) is 4.90 Å². The predicted octanol–water partition coefficient (Wildman–Crippen LogP) is 4.84. The fourth-order valence-electron chi connectivity index (χ4n) is 2.40. The van der Waals surface area contributed by atoms with Crippen LogP contribution in [0.25, 0.3) is 0 Å². The molecule has 0 heterocycles. The summed E-state index contributed by atoms with van der Waals surface area (Å²) in [4.78, 5) is 4.70. The van der Waals surface area contributed by atoms with E-state index in [0.717, 1.165) is 26.1 Å². The lowest BCUT2D eigenvalue weighted by atomic mass is 10.1. The van der Waals surface area contributed by atoms with E-state index in [-0.39, 0.29) is 0 Å². The van der Waals surface area contributed by atoms with Crippen LogP contribution in [0.2, 0.25) is 0 Å². The first kappa shape index (κ1) is 19.2. The minimum Gasteiger partial charge on any atom is -0.366 e. The summed E-state index contributed by atoms with van der Waals surface area (Å²) in [6.45, 7) is 9.26. The minimum atomic E-state index is 0.960. The Labute approximate surface area is 142 Å². The Balaban J connectivity index is 0.00000127. The molecule has 0 unspecified atom stereocenters. The molecule has 2 nitrogen and oxygen atoms in total. The molecule has 0 aromatic heterocycles. The maximum absolute atomic E-state index is 2.47. The highest BCUT2D eigenvalue weighted by atomic mass is 15.2. The van der Waals surface area contributed by atoms with Crippen LogP contribution < -0.4 is 4.90 Å². The molecule has 0 aliphatic heterocycles. The van der Waals surface area contributed by atoms with Crippen LogP contribution in [0, 0.1) is 0 Å². The zero-order valence-electron chi connectivity index (χ0n) is 15.4. The van der Waals surface area contributed by atoms with E-state index in [1.54, 1.807) is 0 Å². The molecule has 2 rings (SSSR count). The van der Waals surface area contributed by atoms with Crippen molar-refractivity contribution in [2.24, 2.45) is 0 Å². The van der Waals surface area contributed by atoms with Crippen LogP contribution in [0.4, 0.5) is 5.69 Å².